The molecule has 1 aliphatic rings. The van der Waals surface area contributed by atoms with Gasteiger partial charge in [-0.25, -0.2) is 9.69 Å². The van der Waals surface area contributed by atoms with E-state index in [0.29, 0.717) is 55.3 Å². The smallest absolute Gasteiger partial charge is 0.335 e. The van der Waals surface area contributed by atoms with Crippen LogP contribution in [0.3, 0.4) is 0 Å². The summed E-state index contributed by atoms with van der Waals surface area (Å²) in [4.78, 5) is 39.4. The number of carbonyl (C=O) groups is 3. The van der Waals surface area contributed by atoms with Gasteiger partial charge in [0.2, 0.25) is 0 Å². The van der Waals surface area contributed by atoms with E-state index in [9.17, 15) is 14.4 Å². The van der Waals surface area contributed by atoms with Gasteiger partial charge in [0.15, 0.2) is 11.5 Å². The Labute approximate surface area is 249 Å². The third-order valence-corrected chi connectivity index (χ3v) is 7.06. The SMILES string of the molecule is CCOc1ccc(N2C(=O)NC(=O)/C(=C\c3cc(I)c(OCc4ccc(Cl)c(Cl)c4)c(OCC)c3)C2=O)cc1. The van der Waals surface area contributed by atoms with Crippen molar-refractivity contribution in [3.8, 4) is 17.2 Å². The standard InChI is InChI=1S/C28H23Cl2IN2O6/c1-3-37-19-8-6-18(7-9-19)33-27(35)20(26(34)32-28(33)36)11-17-13-23(31)25(24(14-17)38-4-2)39-15-16-5-10-21(29)22(30)12-16/h5-14H,3-4,15H2,1-2H3,(H,32,34,36)/b20-11+. The van der Waals surface area contributed by atoms with Crippen molar-refractivity contribution in [3.63, 3.8) is 0 Å². The minimum Gasteiger partial charge on any atom is -0.494 e. The van der Waals surface area contributed by atoms with Gasteiger partial charge in [0, 0.05) is 0 Å². The first-order valence-corrected chi connectivity index (χ1v) is 13.7. The Morgan fingerprint density at radius 1 is 0.897 bits per heavy atom. The zero-order valence-electron chi connectivity index (χ0n) is 20.9. The zero-order valence-corrected chi connectivity index (χ0v) is 24.6. The summed E-state index contributed by atoms with van der Waals surface area (Å²) in [5, 5.41) is 3.10. The maximum absolute atomic E-state index is 13.3. The maximum atomic E-state index is 13.3. The van der Waals surface area contributed by atoms with Crippen LogP contribution in [-0.4, -0.2) is 31.1 Å². The number of nitrogens with zero attached hydrogens (tertiary/aromatic N) is 1. The van der Waals surface area contributed by atoms with Crippen LogP contribution in [0.4, 0.5) is 10.5 Å². The van der Waals surface area contributed by atoms with E-state index in [0.717, 1.165) is 10.5 Å². The Bertz CT molecular complexity index is 1460. The molecule has 0 radical (unpaired) electrons. The number of imide groups is 2. The second kappa shape index (κ2) is 12.7. The molecule has 8 nitrogen and oxygen atoms in total. The lowest BCUT2D eigenvalue weighted by Gasteiger charge is -2.26. The molecule has 0 aliphatic carbocycles. The molecule has 0 saturated carbocycles. The predicted molar refractivity (Wildman–Crippen MR) is 158 cm³/mol. The summed E-state index contributed by atoms with van der Waals surface area (Å²) in [5.41, 5.74) is 1.43. The molecular formula is C28H23Cl2IN2O6. The lowest BCUT2D eigenvalue weighted by atomic mass is 10.1. The number of carbonyl (C=O) groups excluding carboxylic acids is 3. The summed E-state index contributed by atoms with van der Waals surface area (Å²) in [6.45, 7) is 4.74. The number of hydrogen-bond acceptors (Lipinski definition) is 6. The number of urea groups is 1. The van der Waals surface area contributed by atoms with Crippen molar-refractivity contribution in [2.75, 3.05) is 18.1 Å². The van der Waals surface area contributed by atoms with Crippen molar-refractivity contribution in [2.24, 2.45) is 0 Å². The number of halogens is 3. The lowest BCUT2D eigenvalue weighted by Crippen LogP contribution is -2.54. The monoisotopic (exact) mass is 680 g/mol. The number of amides is 4. The highest BCUT2D eigenvalue weighted by atomic mass is 127. The molecule has 1 fully saturated rings. The number of ether oxygens (including phenoxy) is 3. The Morgan fingerprint density at radius 2 is 1.62 bits per heavy atom. The maximum Gasteiger partial charge on any atom is 0.335 e. The van der Waals surface area contributed by atoms with Crippen LogP contribution in [0, 0.1) is 3.57 Å². The Balaban J connectivity index is 1.63. The van der Waals surface area contributed by atoms with E-state index in [4.69, 9.17) is 37.4 Å². The molecule has 4 rings (SSSR count). The van der Waals surface area contributed by atoms with Gasteiger partial charge in [0.05, 0.1) is 32.5 Å². The van der Waals surface area contributed by atoms with Crippen LogP contribution in [-0.2, 0) is 16.2 Å². The van der Waals surface area contributed by atoms with Crippen molar-refractivity contribution in [3.05, 3.63) is 84.9 Å². The minimum atomic E-state index is -0.832. The van der Waals surface area contributed by atoms with Crippen molar-refractivity contribution >= 4 is 75.4 Å². The molecule has 0 spiro atoms. The van der Waals surface area contributed by atoms with E-state index >= 15 is 0 Å². The third-order valence-electron chi connectivity index (χ3n) is 5.52. The molecule has 202 valence electrons. The molecule has 0 atom stereocenters. The second-order valence-corrected chi connectivity index (χ2v) is 10.2. The van der Waals surface area contributed by atoms with Gasteiger partial charge in [-0.15, -0.1) is 0 Å². The lowest BCUT2D eigenvalue weighted by molar-refractivity contribution is -0.122. The summed E-state index contributed by atoms with van der Waals surface area (Å²) in [5.74, 6) is -0.0194. The Kier molecular flexibility index (Phi) is 9.36. The molecule has 4 amide bonds. The van der Waals surface area contributed by atoms with Crippen LogP contribution in [0.15, 0.2) is 60.2 Å². The van der Waals surface area contributed by atoms with E-state index in [1.807, 2.05) is 19.9 Å². The number of benzene rings is 3. The molecular weight excluding hydrogens is 658 g/mol. The molecule has 0 bridgehead atoms. The first-order chi connectivity index (χ1) is 18.7. The quantitative estimate of drug-likeness (QED) is 0.155. The van der Waals surface area contributed by atoms with Crippen LogP contribution >= 0.6 is 45.8 Å². The molecule has 0 aromatic heterocycles. The topological polar surface area (TPSA) is 94.2 Å². The van der Waals surface area contributed by atoms with Crippen LogP contribution in [0.2, 0.25) is 10.0 Å². The zero-order chi connectivity index (χ0) is 28.1. The Hall–Kier alpha value is -3.28. The fraction of sp³-hybridized carbons (Fsp3) is 0.179. The highest BCUT2D eigenvalue weighted by Crippen LogP contribution is 2.36. The van der Waals surface area contributed by atoms with Gasteiger partial charge in [-0.1, -0.05) is 29.3 Å². The van der Waals surface area contributed by atoms with E-state index in [1.165, 1.54) is 6.08 Å². The van der Waals surface area contributed by atoms with Crippen molar-refractivity contribution in [2.45, 2.75) is 20.5 Å². The van der Waals surface area contributed by atoms with Crippen molar-refractivity contribution < 1.29 is 28.6 Å². The molecule has 1 saturated heterocycles. The number of hydrogen-bond donors (Lipinski definition) is 1. The molecule has 39 heavy (non-hydrogen) atoms. The largest absolute Gasteiger partial charge is 0.494 e. The van der Waals surface area contributed by atoms with Gasteiger partial charge in [-0.2, -0.15) is 0 Å². The fourth-order valence-electron chi connectivity index (χ4n) is 3.78. The number of barbiturate groups is 1. The molecule has 1 aliphatic heterocycles. The van der Waals surface area contributed by atoms with Crippen LogP contribution in [0.1, 0.15) is 25.0 Å². The molecule has 3 aromatic carbocycles. The highest BCUT2D eigenvalue weighted by molar-refractivity contribution is 14.1. The highest BCUT2D eigenvalue weighted by Gasteiger charge is 2.37. The first-order valence-electron chi connectivity index (χ1n) is 11.9. The van der Waals surface area contributed by atoms with Crippen molar-refractivity contribution in [1.29, 1.82) is 0 Å². The Morgan fingerprint density at radius 3 is 2.28 bits per heavy atom. The van der Waals surface area contributed by atoms with E-state index in [-0.39, 0.29) is 12.2 Å². The van der Waals surface area contributed by atoms with Gasteiger partial charge < -0.3 is 14.2 Å². The van der Waals surface area contributed by atoms with Crippen LogP contribution in [0.5, 0.6) is 17.2 Å². The fourth-order valence-corrected chi connectivity index (χ4v) is 4.88. The number of rotatable bonds is 9. The molecule has 1 heterocycles. The van der Waals surface area contributed by atoms with Gasteiger partial charge in [-0.3, -0.25) is 14.9 Å². The summed E-state index contributed by atoms with van der Waals surface area (Å²) in [6.07, 6.45) is 1.42. The van der Waals surface area contributed by atoms with E-state index in [2.05, 4.69) is 27.9 Å². The van der Waals surface area contributed by atoms with Gasteiger partial charge in [0.25, 0.3) is 11.8 Å². The summed E-state index contributed by atoms with van der Waals surface area (Å²) in [6, 6.07) is 14.3. The molecule has 3 aromatic rings. The van der Waals surface area contributed by atoms with Crippen LogP contribution < -0.4 is 24.4 Å². The summed E-state index contributed by atoms with van der Waals surface area (Å²) >= 11 is 14.2. The van der Waals surface area contributed by atoms with Gasteiger partial charge in [0.1, 0.15) is 17.9 Å². The average molecular weight is 681 g/mol. The van der Waals surface area contributed by atoms with E-state index in [1.54, 1.807) is 48.5 Å². The summed E-state index contributed by atoms with van der Waals surface area (Å²) in [7, 11) is 0. The van der Waals surface area contributed by atoms with Crippen molar-refractivity contribution in [1.82, 2.24) is 5.32 Å². The minimum absolute atomic E-state index is 0.203. The molecule has 1 N–H and O–H groups in total. The average Bonchev–Trinajstić information content (AvgIpc) is 2.89. The second-order valence-electron chi connectivity index (χ2n) is 8.18. The normalized spacial score (nSPS) is 14.4. The third kappa shape index (κ3) is 6.66. The number of nitrogens with one attached hydrogen (secondary N) is 1. The molecule has 11 heteroatoms. The first kappa shape index (κ1) is 28.7. The van der Waals surface area contributed by atoms with Crippen LogP contribution in [0.25, 0.3) is 6.08 Å². The molecule has 0 unspecified atom stereocenters. The van der Waals surface area contributed by atoms with Gasteiger partial charge >= 0.3 is 6.03 Å². The number of anilines is 1. The summed E-state index contributed by atoms with van der Waals surface area (Å²) < 4.78 is 18.0. The van der Waals surface area contributed by atoms with Gasteiger partial charge in [-0.05, 0) is 102 Å². The predicted octanol–water partition coefficient (Wildman–Crippen LogP) is 6.64. The van der Waals surface area contributed by atoms with E-state index < -0.39 is 17.8 Å².